The van der Waals surface area contributed by atoms with Gasteiger partial charge >= 0.3 is 0 Å². The summed E-state index contributed by atoms with van der Waals surface area (Å²) in [7, 11) is 0. The molecule has 0 spiro atoms. The first-order valence-corrected chi connectivity index (χ1v) is 12.3. The standard InChI is InChI=1S/C26H42N2O6/c1-4-5-6-7-11-14-25(32)28-23(18-30)24(16-22(31)17-29)34-20(3)26(33)27-19(2)15-21-12-9-8-10-13-21/h8-10,12-13,18-20,22-24,29,31H,4-7,11,14-17H2,1-3H3,(H,27,33)(H,28,32)/t19-,20+,22-,23-,24-/m0/s1. The largest absolute Gasteiger partial charge is 0.394 e. The molecule has 1 aromatic rings. The van der Waals surface area contributed by atoms with E-state index < -0.39 is 31.0 Å². The third-order valence-electron chi connectivity index (χ3n) is 5.62. The van der Waals surface area contributed by atoms with E-state index in [0.717, 1.165) is 37.7 Å². The van der Waals surface area contributed by atoms with Crippen LogP contribution < -0.4 is 10.6 Å². The molecule has 34 heavy (non-hydrogen) atoms. The molecule has 0 aromatic heterocycles. The maximum atomic E-state index is 12.7. The zero-order valence-electron chi connectivity index (χ0n) is 20.7. The zero-order valence-corrected chi connectivity index (χ0v) is 20.7. The van der Waals surface area contributed by atoms with Crippen molar-refractivity contribution in [2.24, 2.45) is 0 Å². The lowest BCUT2D eigenvalue weighted by molar-refractivity contribution is -0.142. The average molecular weight is 479 g/mol. The van der Waals surface area contributed by atoms with Crippen molar-refractivity contribution < 1.29 is 29.3 Å². The molecule has 2 amide bonds. The predicted octanol–water partition coefficient (Wildman–Crippen LogP) is 2.30. The van der Waals surface area contributed by atoms with Crippen molar-refractivity contribution in [3.05, 3.63) is 35.9 Å². The molecule has 0 fully saturated rings. The number of hydrogen-bond donors (Lipinski definition) is 4. The summed E-state index contributed by atoms with van der Waals surface area (Å²) in [5, 5.41) is 24.7. The molecule has 8 nitrogen and oxygen atoms in total. The molecule has 0 unspecified atom stereocenters. The van der Waals surface area contributed by atoms with Crippen LogP contribution in [0.2, 0.25) is 0 Å². The quantitative estimate of drug-likeness (QED) is 0.190. The first-order chi connectivity index (χ1) is 16.3. The number of carbonyl (C=O) groups is 3. The van der Waals surface area contributed by atoms with E-state index in [4.69, 9.17) is 4.74 Å². The second-order valence-corrected chi connectivity index (χ2v) is 8.88. The summed E-state index contributed by atoms with van der Waals surface area (Å²) in [5.41, 5.74) is 1.09. The Balaban J connectivity index is 2.67. The third kappa shape index (κ3) is 12.3. The van der Waals surface area contributed by atoms with Crippen LogP contribution in [-0.2, 0) is 25.5 Å². The van der Waals surface area contributed by atoms with Crippen LogP contribution in [0.15, 0.2) is 30.3 Å². The van der Waals surface area contributed by atoms with Crippen molar-refractivity contribution in [2.45, 2.75) is 103 Å². The van der Waals surface area contributed by atoms with Crippen LogP contribution in [0.4, 0.5) is 0 Å². The lowest BCUT2D eigenvalue weighted by atomic mass is 10.0. The van der Waals surface area contributed by atoms with Crippen LogP contribution in [-0.4, -0.2) is 65.3 Å². The van der Waals surface area contributed by atoms with E-state index in [-0.39, 0.29) is 30.7 Å². The molecule has 8 heteroatoms. The molecule has 0 aliphatic carbocycles. The van der Waals surface area contributed by atoms with Crippen molar-refractivity contribution in [1.29, 1.82) is 0 Å². The van der Waals surface area contributed by atoms with E-state index in [1.807, 2.05) is 37.3 Å². The number of hydrogen-bond acceptors (Lipinski definition) is 6. The van der Waals surface area contributed by atoms with Crippen LogP contribution in [0.1, 0.15) is 71.3 Å². The minimum atomic E-state index is -1.15. The van der Waals surface area contributed by atoms with Gasteiger partial charge in [-0.3, -0.25) is 9.59 Å². The fraction of sp³-hybridized carbons (Fsp3) is 0.654. The topological polar surface area (TPSA) is 125 Å². The van der Waals surface area contributed by atoms with Gasteiger partial charge in [0, 0.05) is 18.9 Å². The number of unbranched alkanes of at least 4 members (excludes halogenated alkanes) is 4. The summed E-state index contributed by atoms with van der Waals surface area (Å²) >= 11 is 0. The Morgan fingerprint density at radius 1 is 1.06 bits per heavy atom. The van der Waals surface area contributed by atoms with Crippen LogP contribution >= 0.6 is 0 Å². The Morgan fingerprint density at radius 3 is 2.35 bits per heavy atom. The molecule has 4 N–H and O–H groups in total. The molecule has 1 rings (SSSR count). The Bertz CT molecular complexity index is 715. The Morgan fingerprint density at radius 2 is 1.74 bits per heavy atom. The first-order valence-electron chi connectivity index (χ1n) is 12.3. The molecule has 5 atom stereocenters. The SMILES string of the molecule is CCCCCCCC(=O)N[C@@H](C=O)[C@H](C[C@H](O)CO)O[C@H](C)C(=O)N[C@@H](C)Cc1ccccc1. The number of amides is 2. The molecule has 0 bridgehead atoms. The number of rotatable bonds is 18. The van der Waals surface area contributed by atoms with E-state index in [2.05, 4.69) is 17.6 Å². The van der Waals surface area contributed by atoms with E-state index in [1.54, 1.807) is 6.92 Å². The van der Waals surface area contributed by atoms with Gasteiger partial charge in [0.1, 0.15) is 18.4 Å². The highest BCUT2D eigenvalue weighted by molar-refractivity contribution is 5.81. The molecule has 0 heterocycles. The maximum Gasteiger partial charge on any atom is 0.249 e. The molecule has 0 saturated carbocycles. The third-order valence-corrected chi connectivity index (χ3v) is 5.62. The van der Waals surface area contributed by atoms with Crippen molar-refractivity contribution in [1.82, 2.24) is 10.6 Å². The average Bonchev–Trinajstić information content (AvgIpc) is 2.82. The highest BCUT2D eigenvalue weighted by Gasteiger charge is 2.30. The van der Waals surface area contributed by atoms with Crippen molar-refractivity contribution in [2.75, 3.05) is 6.61 Å². The zero-order chi connectivity index (χ0) is 25.3. The summed E-state index contributed by atoms with van der Waals surface area (Å²) in [6, 6.07) is 8.58. The van der Waals surface area contributed by atoms with Gasteiger partial charge in [-0.15, -0.1) is 0 Å². The van der Waals surface area contributed by atoms with Crippen molar-refractivity contribution >= 4 is 18.1 Å². The van der Waals surface area contributed by atoms with Crippen LogP contribution in [0.3, 0.4) is 0 Å². The van der Waals surface area contributed by atoms with Crippen LogP contribution in [0.25, 0.3) is 0 Å². The van der Waals surface area contributed by atoms with Gasteiger partial charge in [-0.05, 0) is 32.3 Å². The molecule has 0 aliphatic rings. The first kappa shape index (κ1) is 29.7. The van der Waals surface area contributed by atoms with Gasteiger partial charge in [0.15, 0.2) is 0 Å². The second-order valence-electron chi connectivity index (χ2n) is 8.88. The van der Waals surface area contributed by atoms with Crippen LogP contribution in [0.5, 0.6) is 0 Å². The minimum absolute atomic E-state index is 0.103. The summed E-state index contributed by atoms with van der Waals surface area (Å²) in [6.07, 6.45) is 3.30. The predicted molar refractivity (Wildman–Crippen MR) is 131 cm³/mol. The molecule has 0 saturated heterocycles. The number of benzene rings is 1. The lowest BCUT2D eigenvalue weighted by Crippen LogP contribution is -2.50. The van der Waals surface area contributed by atoms with Gasteiger partial charge in [0.2, 0.25) is 11.8 Å². The summed E-state index contributed by atoms with van der Waals surface area (Å²) in [5.74, 6) is -0.645. The fourth-order valence-corrected chi connectivity index (χ4v) is 3.69. The van der Waals surface area contributed by atoms with Gasteiger partial charge in [0.05, 0.1) is 18.8 Å². The highest BCUT2D eigenvalue weighted by atomic mass is 16.5. The summed E-state index contributed by atoms with van der Waals surface area (Å²) < 4.78 is 5.82. The molecule has 1 aromatic carbocycles. The monoisotopic (exact) mass is 478 g/mol. The van der Waals surface area contributed by atoms with Gasteiger partial charge in [-0.2, -0.15) is 0 Å². The molecule has 0 aliphatic heterocycles. The Hall–Kier alpha value is -2.29. The second kappa shape index (κ2) is 17.2. The fourth-order valence-electron chi connectivity index (χ4n) is 3.69. The number of carbonyl (C=O) groups excluding carboxylic acids is 3. The van der Waals surface area contributed by atoms with Crippen molar-refractivity contribution in [3.8, 4) is 0 Å². The van der Waals surface area contributed by atoms with Crippen molar-refractivity contribution in [3.63, 3.8) is 0 Å². The number of aldehydes is 1. The number of aliphatic hydroxyl groups is 2. The maximum absolute atomic E-state index is 12.7. The number of ether oxygens (including phenoxy) is 1. The number of nitrogens with one attached hydrogen (secondary N) is 2. The Kier molecular flexibility index (Phi) is 15.0. The smallest absolute Gasteiger partial charge is 0.249 e. The summed E-state index contributed by atoms with van der Waals surface area (Å²) in [6.45, 7) is 5.04. The summed E-state index contributed by atoms with van der Waals surface area (Å²) in [4.78, 5) is 36.8. The van der Waals surface area contributed by atoms with Gasteiger partial charge < -0.3 is 30.4 Å². The van der Waals surface area contributed by atoms with Gasteiger partial charge in [0.25, 0.3) is 0 Å². The minimum Gasteiger partial charge on any atom is -0.394 e. The van der Waals surface area contributed by atoms with Crippen LogP contribution in [0, 0.1) is 0 Å². The number of aliphatic hydroxyl groups excluding tert-OH is 2. The lowest BCUT2D eigenvalue weighted by Gasteiger charge is -2.29. The van der Waals surface area contributed by atoms with Gasteiger partial charge in [-0.1, -0.05) is 62.9 Å². The normalized spacial score (nSPS) is 15.6. The molecular formula is C26H42N2O6. The molecular weight excluding hydrogens is 436 g/mol. The highest BCUT2D eigenvalue weighted by Crippen LogP contribution is 2.13. The van der Waals surface area contributed by atoms with E-state index in [0.29, 0.717) is 12.7 Å². The Labute approximate surface area is 203 Å². The molecule has 192 valence electrons. The van der Waals surface area contributed by atoms with E-state index in [9.17, 15) is 24.6 Å². The van der Waals surface area contributed by atoms with E-state index >= 15 is 0 Å². The molecule has 0 radical (unpaired) electrons. The van der Waals surface area contributed by atoms with E-state index in [1.165, 1.54) is 0 Å². The van der Waals surface area contributed by atoms with Gasteiger partial charge in [-0.25, -0.2) is 0 Å².